The highest BCUT2D eigenvalue weighted by Gasteiger charge is 2.47. The molecular formula is C35H38N4O4. The number of hydrogen-bond donors (Lipinski definition) is 1. The predicted molar refractivity (Wildman–Crippen MR) is 164 cm³/mol. The molecule has 3 aromatic carbocycles. The lowest BCUT2D eigenvalue weighted by molar-refractivity contribution is -0.144. The zero-order chi connectivity index (χ0) is 30.1. The van der Waals surface area contributed by atoms with Crippen molar-refractivity contribution in [1.29, 1.82) is 0 Å². The number of carbonyl (C=O) groups is 3. The van der Waals surface area contributed by atoms with E-state index in [1.807, 2.05) is 78.6 Å². The Morgan fingerprint density at radius 1 is 0.930 bits per heavy atom. The van der Waals surface area contributed by atoms with Crippen LogP contribution in [0.3, 0.4) is 0 Å². The smallest absolute Gasteiger partial charge is 0.322 e. The monoisotopic (exact) mass is 578 g/mol. The summed E-state index contributed by atoms with van der Waals surface area (Å²) < 4.78 is 6.06. The van der Waals surface area contributed by atoms with Crippen molar-refractivity contribution in [2.75, 3.05) is 19.6 Å². The van der Waals surface area contributed by atoms with Crippen LogP contribution in [0.5, 0.6) is 11.5 Å². The molecule has 2 atom stereocenters. The summed E-state index contributed by atoms with van der Waals surface area (Å²) >= 11 is 0. The standard InChI is InChI=1S/C35H38N4O4/c1-4-38-30-22-39(29(19-23(2)3)33(40)37-18-17-24-11-8-9-12-26(24)21-37)34(41)31(30)32(36-35(38)42)25-13-10-16-28(20-25)43-27-14-6-5-7-15-27/h5-16,20,23,29,32H,4,17-19,21-22H2,1-3H3,(H,36,42). The SMILES string of the molecule is CCN1C(=O)NC(c2cccc(Oc3ccccc3)c2)C2=C1CN(C(CC(C)C)C(=O)N1CCc3ccccc3C1)C2=O. The van der Waals surface area contributed by atoms with Gasteiger partial charge in [0.15, 0.2) is 0 Å². The molecule has 3 heterocycles. The maximum Gasteiger partial charge on any atom is 0.322 e. The van der Waals surface area contributed by atoms with Gasteiger partial charge in [0.25, 0.3) is 5.91 Å². The minimum atomic E-state index is -0.654. The van der Waals surface area contributed by atoms with Crippen LogP contribution in [0.4, 0.5) is 4.79 Å². The van der Waals surface area contributed by atoms with Gasteiger partial charge in [-0.1, -0.05) is 68.4 Å². The zero-order valence-electron chi connectivity index (χ0n) is 25.0. The first-order valence-corrected chi connectivity index (χ1v) is 15.1. The Hall–Kier alpha value is -4.59. The summed E-state index contributed by atoms with van der Waals surface area (Å²) in [5.74, 6) is 1.26. The van der Waals surface area contributed by atoms with Crippen molar-refractivity contribution in [3.63, 3.8) is 0 Å². The van der Waals surface area contributed by atoms with E-state index in [1.54, 1.807) is 9.80 Å². The molecule has 4 amide bonds. The zero-order valence-corrected chi connectivity index (χ0v) is 25.0. The molecule has 0 saturated heterocycles. The topological polar surface area (TPSA) is 82.2 Å². The van der Waals surface area contributed by atoms with Crippen molar-refractivity contribution in [3.05, 3.63) is 107 Å². The summed E-state index contributed by atoms with van der Waals surface area (Å²) in [4.78, 5) is 47.1. The van der Waals surface area contributed by atoms with E-state index >= 15 is 0 Å². The second kappa shape index (κ2) is 12.0. The number of nitrogens with one attached hydrogen (secondary N) is 1. The molecule has 43 heavy (non-hydrogen) atoms. The van der Waals surface area contributed by atoms with Gasteiger partial charge in [0.2, 0.25) is 5.91 Å². The Morgan fingerprint density at radius 2 is 1.65 bits per heavy atom. The van der Waals surface area contributed by atoms with E-state index < -0.39 is 12.1 Å². The quantitative estimate of drug-likeness (QED) is 0.374. The fourth-order valence-corrected chi connectivity index (χ4v) is 6.43. The van der Waals surface area contributed by atoms with E-state index in [0.29, 0.717) is 48.8 Å². The van der Waals surface area contributed by atoms with Gasteiger partial charge in [-0.3, -0.25) is 14.5 Å². The maximum absolute atomic E-state index is 14.4. The van der Waals surface area contributed by atoms with Gasteiger partial charge >= 0.3 is 6.03 Å². The molecule has 1 N–H and O–H groups in total. The first kappa shape index (κ1) is 28.5. The normalized spacial score (nSPS) is 18.9. The molecule has 0 fully saturated rings. The molecule has 3 aliphatic rings. The van der Waals surface area contributed by atoms with Crippen molar-refractivity contribution in [2.24, 2.45) is 5.92 Å². The highest BCUT2D eigenvalue weighted by molar-refractivity contribution is 6.03. The van der Waals surface area contributed by atoms with Gasteiger partial charge in [-0.2, -0.15) is 0 Å². The van der Waals surface area contributed by atoms with Gasteiger partial charge in [-0.05, 0) is 66.6 Å². The molecule has 3 aromatic rings. The third-order valence-electron chi connectivity index (χ3n) is 8.53. The minimum Gasteiger partial charge on any atom is -0.457 e. The number of rotatable bonds is 8. The number of amides is 4. The van der Waals surface area contributed by atoms with Crippen LogP contribution in [-0.2, 0) is 22.6 Å². The minimum absolute atomic E-state index is 0.0338. The second-order valence-electron chi connectivity index (χ2n) is 11.8. The van der Waals surface area contributed by atoms with Crippen molar-refractivity contribution < 1.29 is 19.1 Å². The molecule has 222 valence electrons. The molecule has 0 radical (unpaired) electrons. The predicted octanol–water partition coefficient (Wildman–Crippen LogP) is 5.66. The molecular weight excluding hydrogens is 540 g/mol. The van der Waals surface area contributed by atoms with Crippen LogP contribution in [0, 0.1) is 5.92 Å². The van der Waals surface area contributed by atoms with Crippen LogP contribution in [0.25, 0.3) is 0 Å². The molecule has 0 saturated carbocycles. The van der Waals surface area contributed by atoms with E-state index in [4.69, 9.17) is 4.74 Å². The van der Waals surface area contributed by atoms with Crippen LogP contribution in [0.1, 0.15) is 49.9 Å². The number of ether oxygens (including phenoxy) is 1. The summed E-state index contributed by atoms with van der Waals surface area (Å²) in [6, 6.07) is 23.7. The highest BCUT2D eigenvalue weighted by Crippen LogP contribution is 2.39. The lowest BCUT2D eigenvalue weighted by Crippen LogP contribution is -2.51. The molecule has 2 unspecified atom stereocenters. The number of fused-ring (bicyclic) bond motifs is 1. The van der Waals surface area contributed by atoms with Crippen molar-refractivity contribution in [2.45, 2.75) is 52.2 Å². The van der Waals surface area contributed by atoms with Gasteiger partial charge < -0.3 is 19.9 Å². The van der Waals surface area contributed by atoms with E-state index in [9.17, 15) is 14.4 Å². The average Bonchev–Trinajstić information content (AvgIpc) is 3.35. The van der Waals surface area contributed by atoms with Gasteiger partial charge in [0.1, 0.15) is 17.5 Å². The summed E-state index contributed by atoms with van der Waals surface area (Å²) in [6.45, 7) is 7.84. The van der Waals surface area contributed by atoms with E-state index in [2.05, 4.69) is 31.3 Å². The summed E-state index contributed by atoms with van der Waals surface area (Å²) in [5, 5.41) is 3.06. The van der Waals surface area contributed by atoms with Gasteiger partial charge in [0.05, 0.1) is 23.9 Å². The fourth-order valence-electron chi connectivity index (χ4n) is 6.43. The van der Waals surface area contributed by atoms with Crippen LogP contribution >= 0.6 is 0 Å². The number of carbonyl (C=O) groups excluding carboxylic acids is 3. The summed E-state index contributed by atoms with van der Waals surface area (Å²) in [6.07, 6.45) is 1.34. The number of likely N-dealkylation sites (N-methyl/N-ethyl adjacent to an activating group) is 1. The first-order chi connectivity index (χ1) is 20.8. The van der Waals surface area contributed by atoms with Crippen molar-refractivity contribution >= 4 is 17.8 Å². The number of urea groups is 1. The van der Waals surface area contributed by atoms with Gasteiger partial charge in [0, 0.05) is 19.6 Å². The first-order valence-electron chi connectivity index (χ1n) is 15.1. The van der Waals surface area contributed by atoms with Crippen LogP contribution in [0.2, 0.25) is 0 Å². The molecule has 0 spiro atoms. The number of benzene rings is 3. The lowest BCUT2D eigenvalue weighted by atomic mass is 9.95. The molecule has 8 heteroatoms. The lowest BCUT2D eigenvalue weighted by Gasteiger charge is -2.36. The second-order valence-corrected chi connectivity index (χ2v) is 11.8. The Bertz CT molecular complexity index is 1570. The highest BCUT2D eigenvalue weighted by atomic mass is 16.5. The van der Waals surface area contributed by atoms with E-state index in [1.165, 1.54) is 5.56 Å². The van der Waals surface area contributed by atoms with Crippen LogP contribution < -0.4 is 10.1 Å². The molecule has 0 aliphatic carbocycles. The van der Waals surface area contributed by atoms with Crippen LogP contribution in [0.15, 0.2) is 90.1 Å². The molecule has 8 nitrogen and oxygen atoms in total. The van der Waals surface area contributed by atoms with Crippen LogP contribution in [-0.4, -0.2) is 58.2 Å². The third-order valence-corrected chi connectivity index (χ3v) is 8.53. The van der Waals surface area contributed by atoms with Crippen molar-refractivity contribution in [3.8, 4) is 11.5 Å². The Labute approximate surface area is 252 Å². The van der Waals surface area contributed by atoms with E-state index in [-0.39, 0.29) is 30.3 Å². The number of hydrogen-bond acceptors (Lipinski definition) is 4. The number of para-hydroxylation sites is 1. The Morgan fingerprint density at radius 3 is 2.40 bits per heavy atom. The van der Waals surface area contributed by atoms with Gasteiger partial charge in [-0.25, -0.2) is 4.79 Å². The number of nitrogens with zero attached hydrogens (tertiary/aromatic N) is 3. The molecule has 0 aromatic heterocycles. The largest absolute Gasteiger partial charge is 0.457 e. The molecule has 0 bridgehead atoms. The van der Waals surface area contributed by atoms with Crippen molar-refractivity contribution in [1.82, 2.24) is 20.0 Å². The maximum atomic E-state index is 14.4. The fraction of sp³-hybridized carbons (Fsp3) is 0.343. The summed E-state index contributed by atoms with van der Waals surface area (Å²) in [5.41, 5.74) is 4.36. The Kier molecular flexibility index (Phi) is 7.93. The third kappa shape index (κ3) is 5.61. The van der Waals surface area contributed by atoms with E-state index in [0.717, 1.165) is 17.5 Å². The average molecular weight is 579 g/mol. The molecule has 3 aliphatic heterocycles. The van der Waals surface area contributed by atoms with Gasteiger partial charge in [-0.15, -0.1) is 0 Å². The Balaban J connectivity index is 1.31. The molecule has 6 rings (SSSR count). The summed E-state index contributed by atoms with van der Waals surface area (Å²) in [7, 11) is 0.